The van der Waals surface area contributed by atoms with Crippen LogP contribution in [0.25, 0.3) is 27.5 Å². The van der Waals surface area contributed by atoms with Gasteiger partial charge in [-0.1, -0.05) is 0 Å². The Morgan fingerprint density at radius 1 is 0.700 bits per heavy atom. The topological polar surface area (TPSA) is 60.9 Å². The van der Waals surface area contributed by atoms with Crippen LogP contribution in [0.1, 0.15) is 88.7 Å². The molecule has 8 aliphatic carbocycles. The number of hydrogen-bond acceptors (Lipinski definition) is 4. The van der Waals surface area contributed by atoms with E-state index in [-0.39, 0.29) is 10.8 Å². The first kappa shape index (κ1) is 23.6. The Morgan fingerprint density at radius 2 is 1.18 bits per heavy atom. The van der Waals surface area contributed by atoms with Crippen LogP contribution >= 0.6 is 0 Å². The zero-order valence-electron chi connectivity index (χ0n) is 23.5. The van der Waals surface area contributed by atoms with Crippen molar-refractivity contribution in [2.75, 3.05) is 0 Å². The molecule has 0 aliphatic heterocycles. The molecule has 3 aromatic rings. The Kier molecular flexibility index (Phi) is 4.87. The molecule has 0 amide bonds. The van der Waals surface area contributed by atoms with Gasteiger partial charge < -0.3 is 0 Å². The van der Waals surface area contributed by atoms with Crippen LogP contribution in [0.4, 0.5) is 5.69 Å². The van der Waals surface area contributed by atoms with Crippen molar-refractivity contribution < 1.29 is 0 Å². The van der Waals surface area contributed by atoms with E-state index in [1.807, 2.05) is 36.1 Å². The maximum Gasteiger partial charge on any atom is 0.188 e. The van der Waals surface area contributed by atoms with E-state index in [1.165, 1.54) is 77.0 Å². The van der Waals surface area contributed by atoms with Gasteiger partial charge in [0, 0.05) is 29.6 Å². The third-order valence-corrected chi connectivity index (χ3v) is 12.0. The van der Waals surface area contributed by atoms with E-state index in [2.05, 4.69) is 16.0 Å². The first-order chi connectivity index (χ1) is 19.4. The lowest BCUT2D eigenvalue weighted by Gasteiger charge is -2.57. The summed E-state index contributed by atoms with van der Waals surface area (Å²) in [6, 6.07) is 8.10. The third-order valence-electron chi connectivity index (χ3n) is 12.0. The Balaban J connectivity index is 1.22. The van der Waals surface area contributed by atoms with Crippen LogP contribution in [-0.4, -0.2) is 24.7 Å². The van der Waals surface area contributed by atoms with Gasteiger partial charge in [0.15, 0.2) is 11.5 Å². The number of nitrogens with zero attached hydrogens (tertiary/aromatic N) is 6. The maximum atomic E-state index is 7.85. The average Bonchev–Trinajstić information content (AvgIpc) is 3.37. The number of hydrogen-bond donors (Lipinski definition) is 0. The summed E-state index contributed by atoms with van der Waals surface area (Å²) in [5, 5.41) is 4.64. The van der Waals surface area contributed by atoms with E-state index in [0.29, 0.717) is 5.69 Å². The molecular weight excluding hydrogens is 492 g/mol. The fourth-order valence-corrected chi connectivity index (χ4v) is 11.3. The smallest absolute Gasteiger partial charge is 0.188 e. The summed E-state index contributed by atoms with van der Waals surface area (Å²) in [7, 11) is 1.94. The van der Waals surface area contributed by atoms with Crippen molar-refractivity contribution in [3.63, 3.8) is 0 Å². The van der Waals surface area contributed by atoms with Crippen molar-refractivity contribution in [1.29, 1.82) is 0 Å². The van der Waals surface area contributed by atoms with E-state index in [0.717, 1.165) is 69.8 Å². The largest absolute Gasteiger partial charge is 0.275 e. The molecule has 6 heteroatoms. The van der Waals surface area contributed by atoms with Crippen LogP contribution in [0.3, 0.4) is 0 Å². The van der Waals surface area contributed by atoms with Gasteiger partial charge in [0.05, 0.1) is 12.3 Å². The molecule has 1 aromatic carbocycles. The summed E-state index contributed by atoms with van der Waals surface area (Å²) >= 11 is 0. The van der Waals surface area contributed by atoms with Crippen molar-refractivity contribution in [2.24, 2.45) is 42.6 Å². The molecule has 0 spiro atoms. The quantitative estimate of drug-likeness (QED) is 0.329. The molecule has 204 valence electrons. The van der Waals surface area contributed by atoms with Gasteiger partial charge in [-0.25, -0.2) is 19.8 Å². The van der Waals surface area contributed by atoms with Crippen LogP contribution in [-0.2, 0) is 17.9 Å². The van der Waals surface area contributed by atoms with Gasteiger partial charge >= 0.3 is 0 Å². The summed E-state index contributed by atoms with van der Waals surface area (Å²) in [6.45, 7) is 7.85. The van der Waals surface area contributed by atoms with Gasteiger partial charge in [-0.3, -0.25) is 4.68 Å². The van der Waals surface area contributed by atoms with Crippen molar-refractivity contribution in [2.45, 2.75) is 87.9 Å². The Morgan fingerprint density at radius 3 is 1.60 bits per heavy atom. The van der Waals surface area contributed by atoms with Gasteiger partial charge in [-0.15, -0.1) is 0 Å². The van der Waals surface area contributed by atoms with E-state index in [4.69, 9.17) is 21.5 Å². The second-order valence-corrected chi connectivity index (χ2v) is 15.0. The zero-order valence-corrected chi connectivity index (χ0v) is 23.5. The SMILES string of the molecule is [C-]#[N+]c1cc(-c2ccn(C)n2)cc(-c2nc(C34CC5CC(CC(C5)C3)C4)nc(C34CC5CC(CC(C5)C3)C4)n2)c1. The van der Waals surface area contributed by atoms with E-state index in [9.17, 15) is 0 Å². The zero-order chi connectivity index (χ0) is 26.6. The number of rotatable bonds is 4. The molecule has 0 N–H and O–H groups in total. The highest BCUT2D eigenvalue weighted by Gasteiger charge is 2.56. The molecule has 11 rings (SSSR count). The van der Waals surface area contributed by atoms with Gasteiger partial charge in [0.25, 0.3) is 0 Å². The highest BCUT2D eigenvalue weighted by molar-refractivity contribution is 5.74. The first-order valence-corrected chi connectivity index (χ1v) is 15.7. The lowest BCUT2D eigenvalue weighted by molar-refractivity contribution is -0.0155. The van der Waals surface area contributed by atoms with Gasteiger partial charge in [-0.05, 0) is 142 Å². The average molecular weight is 531 g/mol. The Hall–Kier alpha value is -3.07. The molecule has 8 aliphatic rings. The number of aromatic nitrogens is 5. The highest BCUT2D eigenvalue weighted by atomic mass is 15.2. The molecule has 0 atom stereocenters. The predicted molar refractivity (Wildman–Crippen MR) is 153 cm³/mol. The van der Waals surface area contributed by atoms with Crippen LogP contribution < -0.4 is 0 Å². The molecule has 8 bridgehead atoms. The number of benzene rings is 1. The van der Waals surface area contributed by atoms with E-state index >= 15 is 0 Å². The predicted octanol–water partition coefficient (Wildman–Crippen LogP) is 7.43. The molecule has 0 unspecified atom stereocenters. The lowest BCUT2D eigenvalue weighted by atomic mass is 9.49. The summed E-state index contributed by atoms with van der Waals surface area (Å²) < 4.78 is 1.82. The van der Waals surface area contributed by atoms with Gasteiger partial charge in [0.1, 0.15) is 11.6 Å². The molecule has 0 radical (unpaired) electrons. The van der Waals surface area contributed by atoms with Crippen molar-refractivity contribution >= 4 is 5.69 Å². The molecule has 8 saturated carbocycles. The molecular formula is C34H38N6. The van der Waals surface area contributed by atoms with Crippen molar-refractivity contribution in [3.8, 4) is 22.6 Å². The second-order valence-electron chi connectivity index (χ2n) is 15.0. The fraction of sp³-hybridized carbons (Fsp3) is 0.618. The van der Waals surface area contributed by atoms with Crippen LogP contribution in [0.2, 0.25) is 0 Å². The molecule has 6 nitrogen and oxygen atoms in total. The number of aryl methyl sites for hydroxylation is 1. The van der Waals surface area contributed by atoms with Gasteiger partial charge in [0.2, 0.25) is 0 Å². The summed E-state index contributed by atoms with van der Waals surface area (Å²) in [5.74, 6) is 8.03. The third kappa shape index (κ3) is 3.58. The van der Waals surface area contributed by atoms with Crippen molar-refractivity contribution in [1.82, 2.24) is 24.7 Å². The lowest BCUT2D eigenvalue weighted by Crippen LogP contribution is -2.51. The fourth-order valence-electron chi connectivity index (χ4n) is 11.3. The van der Waals surface area contributed by atoms with Crippen molar-refractivity contribution in [3.05, 3.63) is 53.5 Å². The highest BCUT2D eigenvalue weighted by Crippen LogP contribution is 2.62. The normalized spacial score (nSPS) is 38.6. The second kappa shape index (κ2) is 8.24. The molecule has 8 fully saturated rings. The minimum absolute atomic E-state index is 0.116. The molecule has 2 aromatic heterocycles. The Bertz CT molecular complexity index is 1430. The van der Waals surface area contributed by atoms with Crippen LogP contribution in [0.15, 0.2) is 30.5 Å². The Labute approximate surface area is 236 Å². The summed E-state index contributed by atoms with van der Waals surface area (Å²) in [4.78, 5) is 20.2. The van der Waals surface area contributed by atoms with Crippen LogP contribution in [0, 0.1) is 42.1 Å². The standard InChI is InChI=1S/C34H38N6/c1-35-28-12-26(29-3-4-40(2)39-29)11-27(13-28)30-36-31(33-14-20-5-21(15-33)7-22(6-20)16-33)38-32(37-30)34-17-23-8-24(18-34)10-25(9-23)19-34/h3-4,11-13,20-25H,5-10,14-19H2,2H3. The molecule has 2 heterocycles. The maximum absolute atomic E-state index is 7.85. The minimum Gasteiger partial charge on any atom is -0.275 e. The first-order valence-electron chi connectivity index (χ1n) is 15.7. The minimum atomic E-state index is 0.116. The van der Waals surface area contributed by atoms with Gasteiger partial charge in [-0.2, -0.15) is 5.10 Å². The van der Waals surface area contributed by atoms with Crippen LogP contribution in [0.5, 0.6) is 0 Å². The summed E-state index contributed by atoms with van der Waals surface area (Å²) in [6.07, 6.45) is 18.0. The van der Waals surface area contributed by atoms with E-state index < -0.39 is 0 Å². The molecule has 0 saturated heterocycles. The monoisotopic (exact) mass is 530 g/mol. The molecule has 40 heavy (non-hydrogen) atoms. The summed E-state index contributed by atoms with van der Waals surface area (Å²) in [5.41, 5.74) is 3.62. The van der Waals surface area contributed by atoms with E-state index in [1.54, 1.807) is 0 Å².